The minimum absolute atomic E-state index is 0.0434. The molecule has 3 saturated heterocycles. The van der Waals surface area contributed by atoms with Crippen LogP contribution >= 0.6 is 0 Å². The Morgan fingerprint density at radius 1 is 0.820 bits per heavy atom. The molecular weight excluding hydrogens is 1140 g/mol. The number of aromatic nitrogens is 6. The van der Waals surface area contributed by atoms with Gasteiger partial charge in [0.2, 0.25) is 17.7 Å². The number of nitrogens with zero attached hydrogens (tertiary/aromatic N) is 8. The number of methoxy groups -OCH3 is 2. The van der Waals surface area contributed by atoms with Crippen molar-refractivity contribution < 1.29 is 63.0 Å². The molecule has 1 aliphatic carbocycles. The molecule has 22 nitrogen and oxygen atoms in total. The van der Waals surface area contributed by atoms with Crippen molar-refractivity contribution in [3.8, 4) is 11.3 Å². The Labute approximate surface area is 524 Å². The average molecular weight is 1240 g/mol. The summed E-state index contributed by atoms with van der Waals surface area (Å²) in [5.74, 6) is -6.89. The van der Waals surface area contributed by atoms with Crippen LogP contribution < -0.4 is 10.2 Å². The first kappa shape index (κ1) is 68.8. The standard InChI is InChI=1S/C67H97N9O13/c1-38(2)76-46(10)70-57-56(72-66(73-62(57)76)74-26-28-87-29-27-74)48-36-68-65(69-37-48)71-50-34-49-23-21-45(9)67(84,89-49)61(81)63(82)75-25-17-16-20-51(75)64(83)88-54(42(6)32-47-22-24-52(77)55(33-47)85-11)35-53(78)41(5)31-44(8)59(80)60(86-12)58(79)43(7)30-39(3)18-14-13-15-19-40(50)4/h13-15,18-19,31,36-39,41-43,45,47,49-52,54-55,59-60,77,80,84H,16-17,20-30,32-35H2,1-12H3,(H,68,69,71)/b15-13+,18-14+,40-19-,44-31+/t39-,41-,42?,43-,45-,47-,49+,50+,51+,52-,54+,55-,59-,60+,67-/m1/s1. The van der Waals surface area contributed by atoms with E-state index in [4.69, 9.17) is 48.6 Å². The molecule has 0 radical (unpaired) electrons. The molecule has 7 heterocycles. The van der Waals surface area contributed by atoms with Gasteiger partial charge in [0.25, 0.3) is 11.7 Å². The highest BCUT2D eigenvalue weighted by Gasteiger charge is 2.53. The maximum atomic E-state index is 14.8. The number of aryl methyl sites for hydroxylation is 1. The molecule has 8 rings (SSSR count). The molecule has 22 heteroatoms. The van der Waals surface area contributed by atoms with Gasteiger partial charge < -0.3 is 58.7 Å². The molecule has 5 aliphatic rings. The Balaban J connectivity index is 1.11. The zero-order valence-corrected chi connectivity index (χ0v) is 54.3. The van der Waals surface area contributed by atoms with Gasteiger partial charge in [-0.3, -0.25) is 19.2 Å². The summed E-state index contributed by atoms with van der Waals surface area (Å²) in [6.07, 6.45) is 14.2. The van der Waals surface area contributed by atoms with Gasteiger partial charge in [0.05, 0.1) is 37.6 Å². The number of piperidine rings is 1. The second-order valence-corrected chi connectivity index (χ2v) is 26.1. The second-order valence-electron chi connectivity index (χ2n) is 26.1. The van der Waals surface area contributed by atoms with E-state index in [2.05, 4.69) is 28.6 Å². The summed E-state index contributed by atoms with van der Waals surface area (Å²) in [5.41, 5.74) is 3.75. The quantitative estimate of drug-likeness (QED) is 0.0850. The van der Waals surface area contributed by atoms with Crippen molar-refractivity contribution in [2.24, 2.45) is 35.5 Å². The van der Waals surface area contributed by atoms with Gasteiger partial charge in [-0.2, -0.15) is 4.98 Å². The van der Waals surface area contributed by atoms with Gasteiger partial charge >= 0.3 is 5.97 Å². The number of carbonyl (C=O) groups is 5. The molecule has 4 N–H and O–H groups in total. The Bertz CT molecular complexity index is 3080. The lowest BCUT2D eigenvalue weighted by Gasteiger charge is -2.43. The number of morpholine rings is 1. The van der Waals surface area contributed by atoms with Crippen LogP contribution in [0.4, 0.5) is 11.9 Å². The van der Waals surface area contributed by atoms with E-state index in [1.54, 1.807) is 46.4 Å². The van der Waals surface area contributed by atoms with Crippen LogP contribution in [-0.2, 0) is 47.7 Å². The lowest BCUT2D eigenvalue weighted by atomic mass is 9.78. The number of aliphatic hydroxyl groups is 3. The van der Waals surface area contributed by atoms with E-state index < -0.39 is 83.8 Å². The van der Waals surface area contributed by atoms with Crippen molar-refractivity contribution >= 4 is 52.3 Å². The van der Waals surface area contributed by atoms with E-state index in [0.717, 1.165) is 11.4 Å². The molecule has 0 aromatic carbocycles. The van der Waals surface area contributed by atoms with Crippen LogP contribution in [0.25, 0.3) is 22.4 Å². The smallest absolute Gasteiger partial charge is 0.329 e. The monoisotopic (exact) mass is 1240 g/mol. The molecular formula is C67H97N9O13. The Morgan fingerprint density at radius 2 is 1.55 bits per heavy atom. The van der Waals surface area contributed by atoms with Crippen molar-refractivity contribution in [2.45, 2.75) is 207 Å². The number of ketones is 3. The molecule has 0 spiro atoms. The molecule has 4 fully saturated rings. The van der Waals surface area contributed by atoms with Crippen LogP contribution in [0, 0.1) is 42.4 Å². The summed E-state index contributed by atoms with van der Waals surface area (Å²) in [4.78, 5) is 100. The van der Waals surface area contributed by atoms with Crippen LogP contribution in [0.15, 0.2) is 60.0 Å². The van der Waals surface area contributed by atoms with E-state index in [9.17, 15) is 39.3 Å². The summed E-state index contributed by atoms with van der Waals surface area (Å²) < 4.78 is 31.8. The molecule has 89 heavy (non-hydrogen) atoms. The fourth-order valence-corrected chi connectivity index (χ4v) is 13.5. The van der Waals surface area contributed by atoms with Crippen LogP contribution in [0.2, 0.25) is 0 Å². The molecule has 2 bridgehead atoms. The number of rotatable bonds is 10. The first-order valence-electron chi connectivity index (χ1n) is 32.2. The van der Waals surface area contributed by atoms with Gasteiger partial charge in [-0.1, -0.05) is 76.6 Å². The number of allylic oxidation sites excluding steroid dienone is 6. The van der Waals surface area contributed by atoms with Crippen LogP contribution in [0.5, 0.6) is 0 Å². The lowest BCUT2D eigenvalue weighted by molar-refractivity contribution is -0.263. The van der Waals surface area contributed by atoms with Crippen LogP contribution in [-0.4, -0.2) is 180 Å². The minimum Gasteiger partial charge on any atom is -0.460 e. The Morgan fingerprint density at radius 3 is 2.25 bits per heavy atom. The molecule has 3 aromatic heterocycles. The molecule has 15 atom stereocenters. The van der Waals surface area contributed by atoms with E-state index in [1.807, 2.05) is 65.0 Å². The number of fused-ring (bicyclic) bond motifs is 4. The number of hydrogen-bond donors (Lipinski definition) is 4. The zero-order chi connectivity index (χ0) is 64.4. The summed E-state index contributed by atoms with van der Waals surface area (Å²) in [7, 11) is 2.94. The van der Waals surface area contributed by atoms with Crippen LogP contribution in [0.1, 0.15) is 151 Å². The van der Waals surface area contributed by atoms with Crippen molar-refractivity contribution in [3.63, 3.8) is 0 Å². The predicted octanol–water partition coefficient (Wildman–Crippen LogP) is 7.97. The zero-order valence-electron chi connectivity index (χ0n) is 54.3. The second kappa shape index (κ2) is 30.8. The topological polar surface area (TPSA) is 280 Å². The number of nitrogens with one attached hydrogen (secondary N) is 1. The minimum atomic E-state index is -2.54. The Hall–Kier alpha value is -6.14. The van der Waals surface area contributed by atoms with Crippen molar-refractivity contribution in [3.05, 3.63) is 65.8 Å². The van der Waals surface area contributed by atoms with Crippen LogP contribution in [0.3, 0.4) is 0 Å². The summed E-state index contributed by atoms with van der Waals surface area (Å²) in [6, 6.07) is -1.65. The molecule has 3 aromatic rings. The van der Waals surface area contributed by atoms with Crippen molar-refractivity contribution in [1.29, 1.82) is 0 Å². The molecule has 488 valence electrons. The number of carbonyl (C=O) groups excluding carboxylic acids is 5. The number of cyclic esters (lactones) is 1. The van der Waals surface area contributed by atoms with Gasteiger partial charge in [-0.05, 0) is 129 Å². The first-order chi connectivity index (χ1) is 42.4. The number of amides is 1. The van der Waals surface area contributed by atoms with E-state index in [1.165, 1.54) is 12.0 Å². The third-order valence-corrected chi connectivity index (χ3v) is 19.0. The summed E-state index contributed by atoms with van der Waals surface area (Å²) >= 11 is 0. The normalized spacial score (nSPS) is 33.8. The number of Topliss-reactive ketones (excluding diaryl/α,β-unsaturated/α-hetero) is 3. The average Bonchev–Trinajstić information content (AvgIpc) is 2.04. The fourth-order valence-electron chi connectivity index (χ4n) is 13.5. The molecule has 1 saturated carbocycles. The summed E-state index contributed by atoms with van der Waals surface area (Å²) in [6.45, 7) is 21.2. The largest absolute Gasteiger partial charge is 0.460 e. The fraction of sp³-hybridized carbons (Fsp3) is 0.672. The predicted molar refractivity (Wildman–Crippen MR) is 336 cm³/mol. The maximum absolute atomic E-state index is 14.8. The Kier molecular flexibility index (Phi) is 23.8. The number of imidazole rings is 1. The molecule has 1 unspecified atom stereocenters. The third-order valence-electron chi connectivity index (χ3n) is 19.0. The SMILES string of the molecule is CO[C@@H]1C[C@@H](CC(C)[C@@H]2CC(=O)[C@H](C)/C=C(\C)[C@@H](O)[C@@H](OC)C(=O)[C@H](C)C[C@H](C)/C=C/C=C/C=C(/C)[C@@H](Nc3ncc(-c4nc(N5CCOCC5)nc5c4nc(C)n5C(C)C)cn3)C[C@@H]3CC[C@@H](C)[C@@](O)(O3)C(=O)C(=O)N3CCCC[C@H]3C(=O)O2)CC[C@H]1O. The van der Waals surface area contributed by atoms with Crippen molar-refractivity contribution in [1.82, 2.24) is 34.4 Å². The maximum Gasteiger partial charge on any atom is 0.329 e. The highest BCUT2D eigenvalue weighted by atomic mass is 16.6. The van der Waals surface area contributed by atoms with Crippen molar-refractivity contribution in [2.75, 3.05) is 57.3 Å². The third kappa shape index (κ3) is 16.5. The van der Waals surface area contributed by atoms with E-state index in [0.29, 0.717) is 118 Å². The first-order valence-corrected chi connectivity index (χ1v) is 32.2. The van der Waals surface area contributed by atoms with Gasteiger partial charge in [0.15, 0.2) is 11.4 Å². The van der Waals surface area contributed by atoms with Gasteiger partial charge in [0, 0.05) is 82.0 Å². The number of esters is 1. The number of aliphatic hydroxyl groups excluding tert-OH is 2. The molecule has 4 aliphatic heterocycles. The van der Waals surface area contributed by atoms with E-state index >= 15 is 0 Å². The lowest BCUT2D eigenvalue weighted by Crippen LogP contribution is -2.61. The number of anilines is 2. The van der Waals surface area contributed by atoms with E-state index in [-0.39, 0.29) is 73.2 Å². The number of ether oxygens (including phenoxy) is 5. The van der Waals surface area contributed by atoms with Gasteiger partial charge in [-0.25, -0.2) is 24.7 Å². The molecule has 1 amide bonds. The highest BCUT2D eigenvalue weighted by Crippen LogP contribution is 2.39. The van der Waals surface area contributed by atoms with Gasteiger partial charge in [0.1, 0.15) is 47.2 Å². The number of hydrogen-bond acceptors (Lipinski definition) is 20. The highest BCUT2D eigenvalue weighted by molar-refractivity contribution is 6.39. The van der Waals surface area contributed by atoms with Gasteiger partial charge in [-0.15, -0.1) is 0 Å². The summed E-state index contributed by atoms with van der Waals surface area (Å²) in [5, 5.41) is 38.2.